The van der Waals surface area contributed by atoms with E-state index in [0.29, 0.717) is 0 Å². The average Bonchev–Trinajstić information content (AvgIpc) is 2.73. The van der Waals surface area contributed by atoms with Crippen molar-refractivity contribution in [2.45, 2.75) is 11.8 Å². The zero-order valence-corrected chi connectivity index (χ0v) is 7.68. The van der Waals surface area contributed by atoms with Crippen LogP contribution in [-0.4, -0.2) is 12.5 Å². The normalized spacial score (nSPS) is 27.8. The fourth-order valence-corrected chi connectivity index (χ4v) is 1.84. The molecule has 0 amide bonds. The molecule has 1 aliphatic rings. The summed E-state index contributed by atoms with van der Waals surface area (Å²) < 4.78 is 51.5. The summed E-state index contributed by atoms with van der Waals surface area (Å²) in [5.41, 5.74) is 5.26. The predicted molar refractivity (Wildman–Crippen MR) is 46.6 cm³/mol. The van der Waals surface area contributed by atoms with Gasteiger partial charge in [0.05, 0.1) is 5.92 Å². The van der Waals surface area contributed by atoms with Crippen LogP contribution in [0.3, 0.4) is 0 Å². The molecule has 1 nitrogen and oxygen atoms in total. The Morgan fingerprint density at radius 3 is 2.33 bits per heavy atom. The topological polar surface area (TPSA) is 26.0 Å². The molecule has 0 heterocycles. The molecule has 1 fully saturated rings. The lowest BCUT2D eigenvalue weighted by atomic mass is 10.1. The maximum atomic E-state index is 13.1. The van der Waals surface area contributed by atoms with Crippen LogP contribution in [0.1, 0.15) is 11.5 Å². The van der Waals surface area contributed by atoms with Crippen LogP contribution in [0.2, 0.25) is 0 Å². The highest BCUT2D eigenvalue weighted by Crippen LogP contribution is 2.60. The number of hydrogen-bond acceptors (Lipinski definition) is 1. The minimum Gasteiger partial charge on any atom is -0.330 e. The number of benzene rings is 1. The van der Waals surface area contributed by atoms with Crippen molar-refractivity contribution < 1.29 is 17.6 Å². The predicted octanol–water partition coefficient (Wildman–Crippen LogP) is 2.27. The molecular weight excluding hydrogens is 210 g/mol. The van der Waals surface area contributed by atoms with Crippen LogP contribution in [0.5, 0.6) is 0 Å². The SMILES string of the molecule is NC[C@@H]1[C@@H](c2ccc(F)c(F)c2)C1(F)F. The van der Waals surface area contributed by atoms with Crippen LogP contribution in [0, 0.1) is 17.6 Å². The third-order valence-corrected chi connectivity index (χ3v) is 2.76. The van der Waals surface area contributed by atoms with E-state index in [1.165, 1.54) is 6.07 Å². The first-order valence-corrected chi connectivity index (χ1v) is 4.51. The van der Waals surface area contributed by atoms with Gasteiger partial charge in [-0.3, -0.25) is 0 Å². The van der Waals surface area contributed by atoms with E-state index in [9.17, 15) is 17.6 Å². The summed E-state index contributed by atoms with van der Waals surface area (Å²) >= 11 is 0. The molecule has 0 spiro atoms. The van der Waals surface area contributed by atoms with E-state index in [1.807, 2.05) is 0 Å². The average molecular weight is 219 g/mol. The van der Waals surface area contributed by atoms with Crippen LogP contribution >= 0.6 is 0 Å². The summed E-state index contributed by atoms with van der Waals surface area (Å²) in [6.07, 6.45) is 0. The lowest BCUT2D eigenvalue weighted by molar-refractivity contribution is 0.0947. The third kappa shape index (κ3) is 1.51. The molecule has 2 rings (SSSR count). The van der Waals surface area contributed by atoms with Crippen molar-refractivity contribution in [3.8, 4) is 0 Å². The van der Waals surface area contributed by atoms with E-state index in [2.05, 4.69) is 0 Å². The first-order valence-electron chi connectivity index (χ1n) is 4.51. The Labute approximate surface area is 83.9 Å². The van der Waals surface area contributed by atoms with Crippen molar-refractivity contribution in [1.29, 1.82) is 0 Å². The summed E-state index contributed by atoms with van der Waals surface area (Å²) in [6, 6.07) is 2.84. The smallest absolute Gasteiger partial charge is 0.260 e. The Morgan fingerprint density at radius 1 is 1.20 bits per heavy atom. The third-order valence-electron chi connectivity index (χ3n) is 2.76. The van der Waals surface area contributed by atoms with Crippen LogP contribution in [0.15, 0.2) is 18.2 Å². The zero-order chi connectivity index (χ0) is 11.2. The van der Waals surface area contributed by atoms with Crippen molar-refractivity contribution in [3.05, 3.63) is 35.4 Å². The monoisotopic (exact) mass is 219 g/mol. The molecule has 1 aromatic rings. The standard InChI is InChI=1S/C10H9F4N/c11-7-2-1-5(3-8(7)12)9-6(4-15)10(9,13)14/h1-3,6,9H,4,15H2/t6-,9-/m1/s1. The quantitative estimate of drug-likeness (QED) is 0.758. The highest BCUT2D eigenvalue weighted by molar-refractivity contribution is 5.33. The molecule has 15 heavy (non-hydrogen) atoms. The molecule has 2 N–H and O–H groups in total. The Morgan fingerprint density at radius 2 is 1.87 bits per heavy atom. The van der Waals surface area contributed by atoms with Gasteiger partial charge in [0.1, 0.15) is 0 Å². The number of rotatable bonds is 2. The molecule has 0 radical (unpaired) electrons. The molecule has 0 unspecified atom stereocenters. The summed E-state index contributed by atoms with van der Waals surface area (Å²) in [7, 11) is 0. The molecule has 0 aliphatic heterocycles. The lowest BCUT2D eigenvalue weighted by Crippen LogP contribution is -2.06. The van der Waals surface area contributed by atoms with Crippen LogP contribution in [-0.2, 0) is 0 Å². The second-order valence-corrected chi connectivity index (χ2v) is 3.67. The minimum absolute atomic E-state index is 0.106. The summed E-state index contributed by atoms with van der Waals surface area (Å²) in [4.78, 5) is 0. The van der Waals surface area contributed by atoms with Crippen LogP contribution in [0.25, 0.3) is 0 Å². The van der Waals surface area contributed by atoms with Crippen molar-refractivity contribution >= 4 is 0 Å². The Hall–Kier alpha value is -1.10. The van der Waals surface area contributed by atoms with E-state index >= 15 is 0 Å². The summed E-state index contributed by atoms with van der Waals surface area (Å²) in [6.45, 7) is -0.156. The van der Waals surface area contributed by atoms with Gasteiger partial charge in [0, 0.05) is 12.5 Å². The van der Waals surface area contributed by atoms with Gasteiger partial charge < -0.3 is 5.73 Å². The largest absolute Gasteiger partial charge is 0.330 e. The van der Waals surface area contributed by atoms with Crippen molar-refractivity contribution in [2.75, 3.05) is 6.54 Å². The maximum absolute atomic E-state index is 13.1. The molecule has 2 atom stereocenters. The molecule has 1 aliphatic carbocycles. The van der Waals surface area contributed by atoms with E-state index in [4.69, 9.17) is 5.73 Å². The van der Waals surface area contributed by atoms with Gasteiger partial charge in [0.25, 0.3) is 5.92 Å². The van der Waals surface area contributed by atoms with Gasteiger partial charge in [0.15, 0.2) is 11.6 Å². The van der Waals surface area contributed by atoms with E-state index in [1.54, 1.807) is 0 Å². The molecule has 0 bridgehead atoms. The van der Waals surface area contributed by atoms with Gasteiger partial charge in [-0.05, 0) is 17.7 Å². The molecule has 1 saturated carbocycles. The van der Waals surface area contributed by atoms with Gasteiger partial charge in [-0.1, -0.05) is 6.07 Å². The molecular formula is C10H9F4N. The van der Waals surface area contributed by atoms with Crippen molar-refractivity contribution in [1.82, 2.24) is 0 Å². The van der Waals surface area contributed by atoms with E-state index < -0.39 is 29.4 Å². The van der Waals surface area contributed by atoms with E-state index in [0.717, 1.165) is 12.1 Å². The maximum Gasteiger partial charge on any atom is 0.260 e. The van der Waals surface area contributed by atoms with Gasteiger partial charge >= 0.3 is 0 Å². The second-order valence-electron chi connectivity index (χ2n) is 3.67. The van der Waals surface area contributed by atoms with Gasteiger partial charge in [0.2, 0.25) is 0 Å². The molecule has 1 aromatic carbocycles. The minimum atomic E-state index is -2.89. The number of alkyl halides is 2. The lowest BCUT2D eigenvalue weighted by Gasteiger charge is -1.99. The van der Waals surface area contributed by atoms with Crippen LogP contribution < -0.4 is 5.73 Å². The second kappa shape index (κ2) is 3.20. The molecule has 5 heteroatoms. The summed E-state index contributed by atoms with van der Waals surface area (Å²) in [5.74, 6) is -7.06. The van der Waals surface area contributed by atoms with Crippen molar-refractivity contribution in [2.24, 2.45) is 11.7 Å². The fourth-order valence-electron chi connectivity index (χ4n) is 1.84. The Balaban J connectivity index is 2.29. The number of halogens is 4. The number of hydrogen-bond donors (Lipinski definition) is 1. The highest BCUT2D eigenvalue weighted by atomic mass is 19.3. The van der Waals surface area contributed by atoms with E-state index in [-0.39, 0.29) is 12.1 Å². The molecule has 82 valence electrons. The Bertz CT molecular complexity index is 391. The fraction of sp³-hybridized carbons (Fsp3) is 0.400. The van der Waals surface area contributed by atoms with Crippen molar-refractivity contribution in [3.63, 3.8) is 0 Å². The van der Waals surface area contributed by atoms with Gasteiger partial charge in [-0.2, -0.15) is 0 Å². The number of nitrogens with two attached hydrogens (primary N) is 1. The Kier molecular flexibility index (Phi) is 2.22. The zero-order valence-electron chi connectivity index (χ0n) is 7.68. The molecule has 0 saturated heterocycles. The first kappa shape index (κ1) is 10.4. The first-order chi connectivity index (χ1) is 6.98. The summed E-state index contributed by atoms with van der Waals surface area (Å²) in [5, 5.41) is 0. The van der Waals surface area contributed by atoms with Gasteiger partial charge in [-0.25, -0.2) is 17.6 Å². The highest BCUT2D eigenvalue weighted by Gasteiger charge is 2.67. The molecule has 0 aromatic heterocycles. The van der Waals surface area contributed by atoms with Gasteiger partial charge in [-0.15, -0.1) is 0 Å². The van der Waals surface area contributed by atoms with Crippen LogP contribution in [0.4, 0.5) is 17.6 Å².